The fourth-order valence-corrected chi connectivity index (χ4v) is 2.44. The van der Waals surface area contributed by atoms with Crippen LogP contribution in [0.4, 0.5) is 5.69 Å². The Morgan fingerprint density at radius 2 is 2.00 bits per heavy atom. The first kappa shape index (κ1) is 17.6. The SMILES string of the molecule is Cc1nn(C)c(C)c1CC(=O)NC[C@H](O)c1ccc([N+](=O)[O-])cc1. The van der Waals surface area contributed by atoms with E-state index in [0.29, 0.717) is 5.56 Å². The maximum absolute atomic E-state index is 12.1. The van der Waals surface area contributed by atoms with E-state index in [-0.39, 0.29) is 24.6 Å². The van der Waals surface area contributed by atoms with Crippen LogP contribution in [0.25, 0.3) is 0 Å². The average Bonchev–Trinajstić information content (AvgIpc) is 2.79. The van der Waals surface area contributed by atoms with Crippen molar-refractivity contribution in [3.8, 4) is 0 Å². The van der Waals surface area contributed by atoms with Gasteiger partial charge in [-0.25, -0.2) is 0 Å². The summed E-state index contributed by atoms with van der Waals surface area (Å²) in [6, 6.07) is 5.60. The summed E-state index contributed by atoms with van der Waals surface area (Å²) in [6.07, 6.45) is -0.732. The molecule has 0 spiro atoms. The van der Waals surface area contributed by atoms with Crippen molar-refractivity contribution in [1.29, 1.82) is 0 Å². The zero-order valence-electron chi connectivity index (χ0n) is 13.8. The molecule has 8 heteroatoms. The number of aromatic nitrogens is 2. The van der Waals surface area contributed by atoms with Gasteiger partial charge in [-0.05, 0) is 31.5 Å². The number of hydrogen-bond donors (Lipinski definition) is 2. The van der Waals surface area contributed by atoms with Crippen LogP contribution in [-0.2, 0) is 18.3 Å². The highest BCUT2D eigenvalue weighted by Crippen LogP contribution is 2.17. The van der Waals surface area contributed by atoms with E-state index in [2.05, 4.69) is 10.4 Å². The first-order valence-electron chi connectivity index (χ1n) is 7.47. The third kappa shape index (κ3) is 3.96. The molecule has 24 heavy (non-hydrogen) atoms. The van der Waals surface area contributed by atoms with Crippen LogP contribution in [0.5, 0.6) is 0 Å². The molecule has 0 fully saturated rings. The summed E-state index contributed by atoms with van der Waals surface area (Å²) in [7, 11) is 1.82. The summed E-state index contributed by atoms with van der Waals surface area (Å²) in [5.41, 5.74) is 3.08. The Morgan fingerprint density at radius 3 is 2.50 bits per heavy atom. The molecule has 0 saturated heterocycles. The Hall–Kier alpha value is -2.74. The first-order chi connectivity index (χ1) is 11.3. The molecule has 2 aromatic rings. The first-order valence-corrected chi connectivity index (χ1v) is 7.47. The van der Waals surface area contributed by atoms with Crippen molar-refractivity contribution in [2.45, 2.75) is 26.4 Å². The summed E-state index contributed by atoms with van der Waals surface area (Å²) in [4.78, 5) is 22.2. The van der Waals surface area contributed by atoms with E-state index in [0.717, 1.165) is 17.0 Å². The fraction of sp³-hybridized carbons (Fsp3) is 0.375. The lowest BCUT2D eigenvalue weighted by atomic mass is 10.1. The average molecular weight is 332 g/mol. The maximum Gasteiger partial charge on any atom is 0.269 e. The second-order valence-corrected chi connectivity index (χ2v) is 5.62. The van der Waals surface area contributed by atoms with Gasteiger partial charge in [-0.1, -0.05) is 0 Å². The van der Waals surface area contributed by atoms with Gasteiger partial charge in [0.2, 0.25) is 5.91 Å². The number of nitro benzene ring substituents is 1. The van der Waals surface area contributed by atoms with Crippen molar-refractivity contribution in [3.63, 3.8) is 0 Å². The summed E-state index contributed by atoms with van der Waals surface area (Å²) in [5.74, 6) is -0.213. The van der Waals surface area contributed by atoms with E-state index in [4.69, 9.17) is 0 Å². The van der Waals surface area contributed by atoms with Crippen molar-refractivity contribution in [2.75, 3.05) is 6.54 Å². The van der Waals surface area contributed by atoms with E-state index >= 15 is 0 Å². The van der Waals surface area contributed by atoms with Gasteiger partial charge in [0, 0.05) is 37.0 Å². The second kappa shape index (κ2) is 7.22. The Morgan fingerprint density at radius 1 is 1.38 bits per heavy atom. The highest BCUT2D eigenvalue weighted by Gasteiger charge is 2.15. The normalized spacial score (nSPS) is 12.0. The molecule has 1 amide bonds. The molecule has 0 bridgehead atoms. The molecule has 0 aliphatic rings. The molecule has 128 valence electrons. The van der Waals surface area contributed by atoms with Gasteiger partial charge in [-0.15, -0.1) is 0 Å². The van der Waals surface area contributed by atoms with Crippen LogP contribution in [-0.4, -0.2) is 32.3 Å². The maximum atomic E-state index is 12.1. The minimum atomic E-state index is -0.925. The van der Waals surface area contributed by atoms with Gasteiger partial charge in [-0.3, -0.25) is 19.6 Å². The number of aryl methyl sites for hydroxylation is 2. The smallest absolute Gasteiger partial charge is 0.269 e. The van der Waals surface area contributed by atoms with Gasteiger partial charge < -0.3 is 10.4 Å². The zero-order valence-corrected chi connectivity index (χ0v) is 13.8. The molecular formula is C16H20N4O4. The third-order valence-electron chi connectivity index (χ3n) is 3.98. The number of rotatable bonds is 6. The molecule has 2 rings (SSSR count). The van der Waals surface area contributed by atoms with Gasteiger partial charge in [0.1, 0.15) is 0 Å². The lowest BCUT2D eigenvalue weighted by molar-refractivity contribution is -0.384. The molecule has 1 heterocycles. The van der Waals surface area contributed by atoms with E-state index in [1.165, 1.54) is 24.3 Å². The topological polar surface area (TPSA) is 110 Å². The van der Waals surface area contributed by atoms with Crippen molar-refractivity contribution in [2.24, 2.45) is 7.05 Å². The highest BCUT2D eigenvalue weighted by atomic mass is 16.6. The molecule has 1 aromatic carbocycles. The van der Waals surface area contributed by atoms with Crippen LogP contribution < -0.4 is 5.32 Å². The Kier molecular flexibility index (Phi) is 5.30. The Labute approximate surface area is 139 Å². The Bertz CT molecular complexity index is 752. The van der Waals surface area contributed by atoms with Crippen molar-refractivity contribution in [1.82, 2.24) is 15.1 Å². The lowest BCUT2D eigenvalue weighted by Crippen LogP contribution is -2.30. The van der Waals surface area contributed by atoms with Gasteiger partial charge in [0.25, 0.3) is 5.69 Å². The van der Waals surface area contributed by atoms with Crippen LogP contribution in [0, 0.1) is 24.0 Å². The fourth-order valence-electron chi connectivity index (χ4n) is 2.44. The molecule has 0 saturated carbocycles. The van der Waals surface area contributed by atoms with Gasteiger partial charge >= 0.3 is 0 Å². The highest BCUT2D eigenvalue weighted by molar-refractivity contribution is 5.79. The largest absolute Gasteiger partial charge is 0.387 e. The molecule has 8 nitrogen and oxygen atoms in total. The summed E-state index contributed by atoms with van der Waals surface area (Å²) in [5, 5.41) is 27.6. The van der Waals surface area contributed by atoms with E-state index in [9.17, 15) is 20.0 Å². The summed E-state index contributed by atoms with van der Waals surface area (Å²) >= 11 is 0. The lowest BCUT2D eigenvalue weighted by Gasteiger charge is -2.12. The summed E-state index contributed by atoms with van der Waals surface area (Å²) in [6.45, 7) is 3.78. The van der Waals surface area contributed by atoms with Crippen LogP contribution in [0.1, 0.15) is 28.6 Å². The number of amides is 1. The van der Waals surface area contributed by atoms with Gasteiger partial charge in [-0.2, -0.15) is 5.10 Å². The number of aliphatic hydroxyl groups is 1. The number of nitrogens with zero attached hydrogens (tertiary/aromatic N) is 3. The quantitative estimate of drug-likeness (QED) is 0.612. The number of nitro groups is 1. The number of carbonyl (C=O) groups is 1. The number of aliphatic hydroxyl groups excluding tert-OH is 1. The molecule has 1 aromatic heterocycles. The molecule has 0 aliphatic carbocycles. The minimum absolute atomic E-state index is 0.0367. The second-order valence-electron chi connectivity index (χ2n) is 5.62. The Balaban J connectivity index is 1.92. The standard InChI is InChI=1S/C16H20N4O4/c1-10-14(11(2)19(3)18-10)8-16(22)17-9-15(21)12-4-6-13(7-5-12)20(23)24/h4-7,15,21H,8-9H2,1-3H3,(H,17,22)/t15-/m0/s1. The number of non-ortho nitro benzene ring substituents is 1. The van der Waals surface area contributed by atoms with Gasteiger partial charge in [0.15, 0.2) is 0 Å². The number of carbonyl (C=O) groups excluding carboxylic acids is 1. The van der Waals surface area contributed by atoms with Crippen molar-refractivity contribution < 1.29 is 14.8 Å². The number of nitrogens with one attached hydrogen (secondary N) is 1. The zero-order chi connectivity index (χ0) is 17.9. The van der Waals surface area contributed by atoms with E-state index < -0.39 is 11.0 Å². The molecule has 1 atom stereocenters. The van der Waals surface area contributed by atoms with Crippen LogP contribution in [0.3, 0.4) is 0 Å². The molecule has 2 N–H and O–H groups in total. The number of benzene rings is 1. The number of hydrogen-bond acceptors (Lipinski definition) is 5. The van der Waals surface area contributed by atoms with Crippen molar-refractivity contribution >= 4 is 11.6 Å². The van der Waals surface area contributed by atoms with E-state index in [1.54, 1.807) is 4.68 Å². The van der Waals surface area contributed by atoms with Crippen LogP contribution >= 0.6 is 0 Å². The van der Waals surface area contributed by atoms with Crippen LogP contribution in [0.2, 0.25) is 0 Å². The molecule has 0 aliphatic heterocycles. The summed E-state index contributed by atoms with van der Waals surface area (Å²) < 4.78 is 1.73. The predicted molar refractivity (Wildman–Crippen MR) is 87.5 cm³/mol. The minimum Gasteiger partial charge on any atom is -0.387 e. The third-order valence-corrected chi connectivity index (χ3v) is 3.98. The predicted octanol–water partition coefficient (Wildman–Crippen LogP) is 1.34. The molecule has 0 radical (unpaired) electrons. The monoisotopic (exact) mass is 332 g/mol. The molecule has 0 unspecified atom stereocenters. The van der Waals surface area contributed by atoms with Crippen LogP contribution in [0.15, 0.2) is 24.3 Å². The molecular weight excluding hydrogens is 312 g/mol. The van der Waals surface area contributed by atoms with Crippen molar-refractivity contribution in [3.05, 3.63) is 56.9 Å². The van der Waals surface area contributed by atoms with E-state index in [1.807, 2.05) is 20.9 Å². The van der Waals surface area contributed by atoms with Gasteiger partial charge in [0.05, 0.1) is 23.1 Å².